The molecule has 0 amide bonds. The Morgan fingerprint density at radius 3 is 2.48 bits per heavy atom. The van der Waals surface area contributed by atoms with Crippen LogP contribution in [0.25, 0.3) is 0 Å². The van der Waals surface area contributed by atoms with Crippen LogP contribution in [0.15, 0.2) is 53.5 Å². The highest BCUT2D eigenvalue weighted by atomic mass is 127. The van der Waals surface area contributed by atoms with Crippen molar-refractivity contribution in [2.24, 2.45) is 4.99 Å². The number of aliphatic imine (C=N–C) groups is 1. The summed E-state index contributed by atoms with van der Waals surface area (Å²) in [5.74, 6) is 1.42. The minimum absolute atomic E-state index is 0. The van der Waals surface area contributed by atoms with Crippen LogP contribution < -0.4 is 10.1 Å². The van der Waals surface area contributed by atoms with Gasteiger partial charge >= 0.3 is 0 Å². The number of hydrogen-bond donors (Lipinski definition) is 1. The van der Waals surface area contributed by atoms with E-state index in [2.05, 4.69) is 22.4 Å². The van der Waals surface area contributed by atoms with E-state index in [0.717, 1.165) is 30.2 Å². The van der Waals surface area contributed by atoms with Gasteiger partial charge in [0, 0.05) is 27.2 Å². The van der Waals surface area contributed by atoms with Crippen molar-refractivity contribution in [1.82, 2.24) is 10.2 Å². The number of hydrogen-bond acceptors (Lipinski definition) is 2. The normalized spacial score (nSPS) is 10.8. The number of nitrogens with zero attached hydrogens (tertiary/aromatic N) is 2. The number of benzene rings is 2. The predicted octanol–water partition coefficient (Wildman–Crippen LogP) is 3.70. The molecule has 0 aliphatic rings. The van der Waals surface area contributed by atoms with E-state index in [9.17, 15) is 4.39 Å². The second kappa shape index (κ2) is 10.9. The average Bonchev–Trinajstić information content (AvgIpc) is 2.59. The van der Waals surface area contributed by atoms with Crippen molar-refractivity contribution in [3.8, 4) is 5.75 Å². The molecule has 0 unspecified atom stereocenters. The second-order valence-electron chi connectivity index (χ2n) is 5.56. The smallest absolute Gasteiger partial charge is 0.193 e. The first-order valence-electron chi connectivity index (χ1n) is 7.91. The lowest BCUT2D eigenvalue weighted by Crippen LogP contribution is -2.39. The van der Waals surface area contributed by atoms with Gasteiger partial charge in [0.15, 0.2) is 5.96 Å². The Balaban J connectivity index is 0.00000312. The van der Waals surface area contributed by atoms with Gasteiger partial charge in [0.2, 0.25) is 0 Å². The Kier molecular flexibility index (Phi) is 9.26. The van der Waals surface area contributed by atoms with Crippen LogP contribution in [0.2, 0.25) is 0 Å². The highest BCUT2D eigenvalue weighted by Crippen LogP contribution is 2.11. The molecule has 6 heteroatoms. The average molecular weight is 457 g/mol. The molecule has 2 aromatic carbocycles. The molecule has 0 radical (unpaired) electrons. The van der Waals surface area contributed by atoms with E-state index in [1.54, 1.807) is 26.3 Å². The molecule has 0 aliphatic heterocycles. The molecule has 0 spiro atoms. The minimum atomic E-state index is -0.219. The third-order valence-electron chi connectivity index (χ3n) is 3.74. The number of methoxy groups -OCH3 is 1. The fraction of sp³-hybridized carbons (Fsp3) is 0.316. The van der Waals surface area contributed by atoms with E-state index in [0.29, 0.717) is 6.54 Å². The number of ether oxygens (including phenoxy) is 1. The van der Waals surface area contributed by atoms with Crippen molar-refractivity contribution >= 4 is 29.9 Å². The second-order valence-corrected chi connectivity index (χ2v) is 5.56. The highest BCUT2D eigenvalue weighted by Gasteiger charge is 2.07. The van der Waals surface area contributed by atoms with Crippen LogP contribution in [0.1, 0.15) is 11.1 Å². The highest BCUT2D eigenvalue weighted by molar-refractivity contribution is 14.0. The first kappa shape index (κ1) is 21.2. The Bertz CT molecular complexity index is 677. The largest absolute Gasteiger partial charge is 0.497 e. The van der Waals surface area contributed by atoms with Gasteiger partial charge in [-0.15, -0.1) is 24.0 Å². The molecule has 0 fully saturated rings. The summed E-state index contributed by atoms with van der Waals surface area (Å²) in [6, 6.07) is 14.6. The van der Waals surface area contributed by atoms with Crippen molar-refractivity contribution in [2.45, 2.75) is 13.0 Å². The molecule has 0 aliphatic carbocycles. The third-order valence-corrected chi connectivity index (χ3v) is 3.74. The molecule has 0 saturated carbocycles. The van der Waals surface area contributed by atoms with Crippen LogP contribution in [0.3, 0.4) is 0 Å². The molecule has 0 bridgehead atoms. The summed E-state index contributed by atoms with van der Waals surface area (Å²) in [5, 5.41) is 3.33. The minimum Gasteiger partial charge on any atom is -0.497 e. The SMILES string of the molecule is CN=C(NCCc1ccc(OC)cc1)N(C)Cc1cccc(F)c1.I. The van der Waals surface area contributed by atoms with Gasteiger partial charge in [0.25, 0.3) is 0 Å². The first-order valence-corrected chi connectivity index (χ1v) is 7.91. The van der Waals surface area contributed by atoms with E-state index in [-0.39, 0.29) is 29.8 Å². The summed E-state index contributed by atoms with van der Waals surface area (Å²) in [7, 11) is 5.35. The number of halogens is 2. The van der Waals surface area contributed by atoms with Gasteiger partial charge in [0.1, 0.15) is 11.6 Å². The zero-order valence-electron chi connectivity index (χ0n) is 14.8. The summed E-state index contributed by atoms with van der Waals surface area (Å²) in [6.07, 6.45) is 0.886. The predicted molar refractivity (Wildman–Crippen MR) is 111 cm³/mol. The molecule has 0 heterocycles. The van der Waals surface area contributed by atoms with E-state index in [4.69, 9.17) is 4.74 Å². The molecule has 25 heavy (non-hydrogen) atoms. The molecule has 2 aromatic rings. The fourth-order valence-corrected chi connectivity index (χ4v) is 2.48. The molecule has 136 valence electrons. The number of rotatable bonds is 6. The van der Waals surface area contributed by atoms with Crippen molar-refractivity contribution in [1.29, 1.82) is 0 Å². The van der Waals surface area contributed by atoms with Gasteiger partial charge in [-0.2, -0.15) is 0 Å². The first-order chi connectivity index (χ1) is 11.6. The zero-order chi connectivity index (χ0) is 17.4. The molecule has 2 rings (SSSR count). The van der Waals surface area contributed by atoms with Gasteiger partial charge in [-0.25, -0.2) is 4.39 Å². The summed E-state index contributed by atoms with van der Waals surface area (Å²) in [4.78, 5) is 6.26. The molecule has 1 N–H and O–H groups in total. The summed E-state index contributed by atoms with van der Waals surface area (Å²) in [6.45, 7) is 1.37. The van der Waals surface area contributed by atoms with Crippen LogP contribution in [-0.2, 0) is 13.0 Å². The zero-order valence-corrected chi connectivity index (χ0v) is 17.2. The maximum atomic E-state index is 13.3. The molecular formula is C19H25FIN3O. The molecular weight excluding hydrogens is 432 g/mol. The Labute approximate surface area is 166 Å². The Hall–Kier alpha value is -1.83. The van der Waals surface area contributed by atoms with Gasteiger partial charge in [-0.1, -0.05) is 24.3 Å². The molecule has 0 atom stereocenters. The standard InChI is InChI=1S/C19H24FN3O.HI/c1-21-19(23(2)14-16-5-4-6-17(20)13-16)22-12-11-15-7-9-18(24-3)10-8-15;/h4-10,13H,11-12,14H2,1-3H3,(H,21,22);1H. The van der Waals surface area contributed by atoms with Crippen molar-refractivity contribution in [3.05, 3.63) is 65.5 Å². The fourth-order valence-electron chi connectivity index (χ4n) is 2.48. The summed E-state index contributed by atoms with van der Waals surface area (Å²) < 4.78 is 18.4. The maximum Gasteiger partial charge on any atom is 0.193 e. The monoisotopic (exact) mass is 457 g/mol. The van der Waals surface area contributed by atoms with Gasteiger partial charge in [0.05, 0.1) is 7.11 Å². The van der Waals surface area contributed by atoms with Gasteiger partial charge in [-0.05, 0) is 41.8 Å². The van der Waals surface area contributed by atoms with E-state index >= 15 is 0 Å². The van der Waals surface area contributed by atoms with Crippen LogP contribution in [0, 0.1) is 5.82 Å². The Morgan fingerprint density at radius 1 is 1.16 bits per heavy atom. The summed E-state index contributed by atoms with van der Waals surface area (Å²) >= 11 is 0. The van der Waals surface area contributed by atoms with Crippen molar-refractivity contribution < 1.29 is 9.13 Å². The molecule has 0 saturated heterocycles. The molecule has 0 aromatic heterocycles. The van der Waals surface area contributed by atoms with Gasteiger partial charge < -0.3 is 15.0 Å². The Morgan fingerprint density at radius 2 is 1.88 bits per heavy atom. The van der Waals surface area contributed by atoms with E-state index in [1.165, 1.54) is 11.6 Å². The van der Waals surface area contributed by atoms with E-state index < -0.39 is 0 Å². The number of guanidine groups is 1. The summed E-state index contributed by atoms with van der Waals surface area (Å²) in [5.41, 5.74) is 2.14. The van der Waals surface area contributed by atoms with Crippen LogP contribution in [0.5, 0.6) is 5.75 Å². The van der Waals surface area contributed by atoms with E-state index in [1.807, 2.05) is 30.1 Å². The van der Waals surface area contributed by atoms with Crippen LogP contribution in [-0.4, -0.2) is 38.6 Å². The number of nitrogens with one attached hydrogen (secondary N) is 1. The van der Waals surface area contributed by atoms with Crippen molar-refractivity contribution in [2.75, 3.05) is 27.7 Å². The van der Waals surface area contributed by atoms with Crippen LogP contribution in [0.4, 0.5) is 4.39 Å². The lowest BCUT2D eigenvalue weighted by molar-refractivity contribution is 0.414. The van der Waals surface area contributed by atoms with Crippen LogP contribution >= 0.6 is 24.0 Å². The lowest BCUT2D eigenvalue weighted by atomic mass is 10.1. The van der Waals surface area contributed by atoms with Crippen molar-refractivity contribution in [3.63, 3.8) is 0 Å². The topological polar surface area (TPSA) is 36.9 Å². The third kappa shape index (κ3) is 6.89. The quantitative estimate of drug-likeness (QED) is 0.409. The molecule has 4 nitrogen and oxygen atoms in total. The maximum absolute atomic E-state index is 13.3. The van der Waals surface area contributed by atoms with Gasteiger partial charge in [-0.3, -0.25) is 4.99 Å². The lowest BCUT2D eigenvalue weighted by Gasteiger charge is -2.22.